The summed E-state index contributed by atoms with van der Waals surface area (Å²) in [7, 11) is 0. The molecule has 0 radical (unpaired) electrons. The first-order chi connectivity index (χ1) is 12.3. The first-order valence-electron chi connectivity index (χ1n) is 9.11. The van der Waals surface area contributed by atoms with Gasteiger partial charge in [-0.15, -0.1) is 0 Å². The monoisotopic (exact) mass is 339 g/mol. The molecule has 2 saturated heterocycles. The molecule has 2 aliphatic heterocycles. The number of likely N-dealkylation sites (tertiary alicyclic amines) is 1. The number of benzene rings is 1. The number of ether oxygens (including phenoxy) is 2. The van der Waals surface area contributed by atoms with Crippen LogP contribution in [-0.2, 0) is 22.6 Å². The van der Waals surface area contributed by atoms with Crippen molar-refractivity contribution in [1.29, 1.82) is 0 Å². The van der Waals surface area contributed by atoms with Crippen molar-refractivity contribution in [2.75, 3.05) is 19.7 Å². The fourth-order valence-electron chi connectivity index (χ4n) is 4.00. The zero-order valence-corrected chi connectivity index (χ0v) is 14.5. The lowest BCUT2D eigenvalue weighted by Gasteiger charge is -2.45. The Morgan fingerprint density at radius 1 is 1.24 bits per heavy atom. The van der Waals surface area contributed by atoms with E-state index in [2.05, 4.69) is 39.1 Å². The third-order valence-corrected chi connectivity index (χ3v) is 5.22. The van der Waals surface area contributed by atoms with E-state index in [0.717, 1.165) is 51.2 Å². The third kappa shape index (κ3) is 3.89. The van der Waals surface area contributed by atoms with Crippen molar-refractivity contribution in [3.05, 3.63) is 60.2 Å². The molecule has 1 spiro atoms. The Morgan fingerprint density at radius 2 is 2.16 bits per heavy atom. The molecule has 0 N–H and O–H groups in total. The van der Waals surface area contributed by atoms with Crippen molar-refractivity contribution in [3.8, 4) is 0 Å². The topological polar surface area (TPSA) is 47.5 Å². The van der Waals surface area contributed by atoms with Crippen LogP contribution in [0.3, 0.4) is 0 Å². The van der Waals surface area contributed by atoms with Gasteiger partial charge in [0.2, 0.25) is 0 Å². The summed E-state index contributed by atoms with van der Waals surface area (Å²) in [4.78, 5) is 11.0. The molecule has 4 rings (SSSR count). The first kappa shape index (κ1) is 16.6. The molecule has 2 atom stereocenters. The lowest BCUT2D eigenvalue weighted by Crippen LogP contribution is -2.57. The summed E-state index contributed by atoms with van der Waals surface area (Å²) in [6.45, 7) is 4.22. The molecule has 0 amide bonds. The van der Waals surface area contributed by atoms with E-state index in [1.54, 1.807) is 12.4 Å². The van der Waals surface area contributed by atoms with Gasteiger partial charge in [0.15, 0.2) is 0 Å². The van der Waals surface area contributed by atoms with Gasteiger partial charge in [0.25, 0.3) is 0 Å². The second-order valence-corrected chi connectivity index (χ2v) is 7.00. The van der Waals surface area contributed by atoms with E-state index in [9.17, 15) is 0 Å². The molecule has 2 aliphatic rings. The molecule has 2 fully saturated rings. The van der Waals surface area contributed by atoms with Gasteiger partial charge in [-0.25, -0.2) is 0 Å². The molecule has 0 bridgehead atoms. The van der Waals surface area contributed by atoms with Crippen molar-refractivity contribution in [3.63, 3.8) is 0 Å². The van der Waals surface area contributed by atoms with E-state index in [1.807, 2.05) is 12.3 Å². The summed E-state index contributed by atoms with van der Waals surface area (Å²) in [5.41, 5.74) is 2.06. The maximum atomic E-state index is 6.33. The minimum Gasteiger partial charge on any atom is -0.371 e. The minimum atomic E-state index is -0.171. The van der Waals surface area contributed by atoms with Crippen LogP contribution in [0.15, 0.2) is 48.9 Å². The molecule has 25 heavy (non-hydrogen) atoms. The lowest BCUT2D eigenvalue weighted by molar-refractivity contribution is -0.160. The standard InChI is InChI=1S/C20H25N3O2/c1-2-5-17(6-3-1)15-24-19-7-11-23(14-18-13-21-9-10-22-18)16-20(19)8-4-12-25-20/h1-3,5-6,9-10,13,19H,4,7-8,11-12,14-16H2/t19-,20-/m0/s1. The van der Waals surface area contributed by atoms with E-state index in [-0.39, 0.29) is 11.7 Å². The molecule has 0 unspecified atom stereocenters. The van der Waals surface area contributed by atoms with Gasteiger partial charge in [-0.1, -0.05) is 30.3 Å². The summed E-state index contributed by atoms with van der Waals surface area (Å²) >= 11 is 0. The van der Waals surface area contributed by atoms with Gasteiger partial charge in [-0.2, -0.15) is 0 Å². The summed E-state index contributed by atoms with van der Waals surface area (Å²) in [6.07, 6.45) is 8.66. The zero-order valence-electron chi connectivity index (χ0n) is 14.5. The van der Waals surface area contributed by atoms with Crippen LogP contribution in [0.4, 0.5) is 0 Å². The Labute approximate surface area is 149 Å². The average Bonchev–Trinajstić information content (AvgIpc) is 3.11. The summed E-state index contributed by atoms with van der Waals surface area (Å²) in [5.74, 6) is 0. The van der Waals surface area contributed by atoms with E-state index in [1.165, 1.54) is 5.56 Å². The molecule has 1 aromatic heterocycles. The van der Waals surface area contributed by atoms with Gasteiger partial charge in [-0.05, 0) is 24.8 Å². The Bertz CT molecular complexity index is 659. The van der Waals surface area contributed by atoms with Crippen LogP contribution in [0.5, 0.6) is 0 Å². The third-order valence-electron chi connectivity index (χ3n) is 5.22. The highest BCUT2D eigenvalue weighted by Gasteiger charge is 2.47. The second kappa shape index (κ2) is 7.60. The Balaban J connectivity index is 1.41. The van der Waals surface area contributed by atoms with Crippen molar-refractivity contribution in [2.24, 2.45) is 0 Å². The predicted molar refractivity (Wildman–Crippen MR) is 94.9 cm³/mol. The fraction of sp³-hybridized carbons (Fsp3) is 0.500. The summed E-state index contributed by atoms with van der Waals surface area (Å²) in [6, 6.07) is 10.4. The highest BCUT2D eigenvalue weighted by molar-refractivity contribution is 5.13. The van der Waals surface area contributed by atoms with E-state index < -0.39 is 0 Å². The van der Waals surface area contributed by atoms with E-state index in [4.69, 9.17) is 9.47 Å². The molecule has 5 heteroatoms. The van der Waals surface area contributed by atoms with Gasteiger partial charge in [0.1, 0.15) is 5.60 Å². The Kier molecular flexibility index (Phi) is 5.06. The van der Waals surface area contributed by atoms with Crippen molar-refractivity contribution < 1.29 is 9.47 Å². The molecule has 132 valence electrons. The van der Waals surface area contributed by atoms with Crippen LogP contribution >= 0.6 is 0 Å². The van der Waals surface area contributed by atoms with Gasteiger partial charge in [0, 0.05) is 44.8 Å². The highest BCUT2D eigenvalue weighted by Crippen LogP contribution is 2.37. The highest BCUT2D eigenvalue weighted by atomic mass is 16.6. The Hall–Kier alpha value is -1.82. The predicted octanol–water partition coefficient (Wildman–Crippen LogP) is 2.82. The molecule has 5 nitrogen and oxygen atoms in total. The van der Waals surface area contributed by atoms with Crippen molar-refractivity contribution >= 4 is 0 Å². The number of piperidine rings is 1. The van der Waals surface area contributed by atoms with Crippen LogP contribution in [0.25, 0.3) is 0 Å². The van der Waals surface area contributed by atoms with Crippen molar-refractivity contribution in [1.82, 2.24) is 14.9 Å². The lowest BCUT2D eigenvalue weighted by atomic mass is 9.86. The van der Waals surface area contributed by atoms with E-state index >= 15 is 0 Å². The summed E-state index contributed by atoms with van der Waals surface area (Å²) < 4.78 is 12.6. The molecule has 0 aliphatic carbocycles. The maximum Gasteiger partial charge on any atom is 0.107 e. The Morgan fingerprint density at radius 3 is 2.92 bits per heavy atom. The van der Waals surface area contributed by atoms with Crippen LogP contribution in [0, 0.1) is 0 Å². The molecular formula is C20H25N3O2. The van der Waals surface area contributed by atoms with Crippen LogP contribution in [-0.4, -0.2) is 46.3 Å². The van der Waals surface area contributed by atoms with Crippen molar-refractivity contribution in [2.45, 2.75) is 44.1 Å². The van der Waals surface area contributed by atoms with Crippen LogP contribution < -0.4 is 0 Å². The van der Waals surface area contributed by atoms with Gasteiger partial charge in [0.05, 0.1) is 18.4 Å². The number of rotatable bonds is 5. The number of hydrogen-bond donors (Lipinski definition) is 0. The molecule has 3 heterocycles. The van der Waals surface area contributed by atoms with E-state index in [0.29, 0.717) is 6.61 Å². The van der Waals surface area contributed by atoms with Gasteiger partial charge < -0.3 is 9.47 Å². The number of nitrogens with zero attached hydrogens (tertiary/aromatic N) is 3. The molecule has 0 saturated carbocycles. The molecule has 1 aromatic carbocycles. The minimum absolute atomic E-state index is 0.160. The zero-order chi connectivity index (χ0) is 17.0. The second-order valence-electron chi connectivity index (χ2n) is 7.00. The van der Waals surface area contributed by atoms with Gasteiger partial charge >= 0.3 is 0 Å². The molecule has 2 aromatic rings. The van der Waals surface area contributed by atoms with Gasteiger partial charge in [-0.3, -0.25) is 14.9 Å². The fourth-order valence-corrected chi connectivity index (χ4v) is 4.00. The van der Waals surface area contributed by atoms with Crippen LogP contribution in [0.1, 0.15) is 30.5 Å². The first-order valence-corrected chi connectivity index (χ1v) is 9.11. The maximum absolute atomic E-state index is 6.33. The number of aromatic nitrogens is 2. The van der Waals surface area contributed by atoms with Crippen LogP contribution in [0.2, 0.25) is 0 Å². The quantitative estimate of drug-likeness (QED) is 0.838. The average molecular weight is 339 g/mol. The largest absolute Gasteiger partial charge is 0.371 e. The summed E-state index contributed by atoms with van der Waals surface area (Å²) in [5, 5.41) is 0. The normalized spacial score (nSPS) is 27.0. The SMILES string of the molecule is c1ccc(CO[C@H]2CCN(Cc3cnccn3)C[C@@]23CCCO3)cc1. The molecular weight excluding hydrogens is 314 g/mol. The number of hydrogen-bond acceptors (Lipinski definition) is 5. The smallest absolute Gasteiger partial charge is 0.107 e.